The third-order valence-electron chi connectivity index (χ3n) is 28.0. The summed E-state index contributed by atoms with van der Waals surface area (Å²) in [4.78, 5) is 10.5. The summed E-state index contributed by atoms with van der Waals surface area (Å²) in [6.07, 6.45) is 0.827. The Bertz CT molecular complexity index is 6730. The van der Waals surface area contributed by atoms with Crippen molar-refractivity contribution in [3.63, 3.8) is 0 Å². The highest BCUT2D eigenvalue weighted by atomic mass is 15.2. The Hall–Kier alpha value is -12.4. The van der Waals surface area contributed by atoms with Crippen LogP contribution in [0.1, 0.15) is 209 Å². The summed E-state index contributed by atoms with van der Waals surface area (Å²) < 4.78 is 0. The largest absolute Gasteiger partial charge is 0.311 e. The Morgan fingerprint density at radius 2 is 0.398 bits per heavy atom. The van der Waals surface area contributed by atoms with Crippen LogP contribution in [0.3, 0.4) is 0 Å². The molecule has 15 aromatic rings. The van der Waals surface area contributed by atoms with Gasteiger partial charge >= 0.3 is 0 Å². The highest BCUT2D eigenvalue weighted by Crippen LogP contribution is 2.52. The van der Waals surface area contributed by atoms with Crippen molar-refractivity contribution < 1.29 is 0 Å². The molecule has 638 valence electrons. The first-order valence-electron chi connectivity index (χ1n) is 46.6. The fraction of sp³-hybridized carbons (Fsp3) is 0.262. The molecule has 0 saturated carbocycles. The molecule has 0 N–H and O–H groups in total. The molecule has 0 atom stereocenters. The fourth-order valence-corrected chi connectivity index (χ4v) is 20.3. The van der Waals surface area contributed by atoms with Crippen molar-refractivity contribution in [2.45, 2.75) is 209 Å². The van der Waals surface area contributed by atoms with Crippen LogP contribution in [0.4, 0.5) is 68.2 Å². The number of benzene rings is 15. The van der Waals surface area contributed by atoms with E-state index in [9.17, 15) is 0 Å². The molecule has 15 aromatic carbocycles. The van der Waals surface area contributed by atoms with Crippen molar-refractivity contribution in [3.05, 3.63) is 372 Å². The van der Waals surface area contributed by atoms with Crippen molar-refractivity contribution in [1.82, 2.24) is 0 Å². The zero-order valence-corrected chi connectivity index (χ0v) is 79.8. The Balaban J connectivity index is 0.741. The second kappa shape index (κ2) is 31.0. The molecule has 4 aliphatic heterocycles. The Morgan fingerprint density at radius 3 is 0.695 bits per heavy atom. The summed E-state index contributed by atoms with van der Waals surface area (Å²) >= 11 is 0. The highest BCUT2D eigenvalue weighted by molar-refractivity contribution is 7.01. The van der Waals surface area contributed by atoms with E-state index in [4.69, 9.17) is 0 Å². The van der Waals surface area contributed by atoms with Crippen LogP contribution in [0.5, 0.6) is 0 Å². The van der Waals surface area contributed by atoms with E-state index in [1.807, 2.05) is 0 Å². The van der Waals surface area contributed by atoms with E-state index in [1.165, 1.54) is 201 Å². The zero-order chi connectivity index (χ0) is 90.0. The average molecular weight is 1670 g/mol. The van der Waals surface area contributed by atoms with Crippen LogP contribution in [0, 0.1) is 0 Å². The van der Waals surface area contributed by atoms with E-state index in [2.05, 4.69) is 500 Å². The SMILES string of the molecule is CC(C)(C)c1cc(N2c3ccccc3B3c4cc(-c5ccc(CC(C)(C)c6cc(N7c8ccc(-c9ccc(-c%10ccccc%10)cc9)cc8B8c9cc(-c%10ccc(-c%11ccccc%11)cc%10)ccc9N(c9cc(C(C)(C)C)cc(C(C)(C)C)c9)c9cccc7c98)cc(C(C)(C)C)c6)cc5)ccc4N(c4cc(C(C)(C)C)cc(C(C)(C)C)c4)c4cccc2c43)cc(C(C)(C)C)c1. The van der Waals surface area contributed by atoms with Crippen molar-refractivity contribution in [2.75, 3.05) is 19.6 Å². The maximum absolute atomic E-state index is 2.65. The molecular weight excluding hydrogens is 1540 g/mol. The molecule has 0 radical (unpaired) electrons. The highest BCUT2D eigenvalue weighted by Gasteiger charge is 2.47. The molecule has 0 aliphatic carbocycles. The van der Waals surface area contributed by atoms with Gasteiger partial charge in [-0.2, -0.15) is 0 Å². The standard InChI is InChI=1S/C122H124B2N4/c1-115(2,3)89-65-90(116(4,5)6)70-97(69-89)125-105-39-31-30-38-101(105)123-102-62-86(56-59-106(102)126(110-41-32-40-109(125)113(110)123)98-71-91(117(7,8)9)66-92(72-98)118(10,11)12)83-46-44-78(45-47-83)77-122(22,23)96-68-95(121(19,20)21)75-100(76-96)128-108-61-58-88(85-54-50-82(51-55-85)80-36-28-25-29-37-80)64-104(108)124-103-63-87(84-52-48-81(49-53-84)79-34-26-24-27-35-79)57-60-107(103)127(111-42-33-43-112(128)114(111)124)99-73-93(119(13,14)15)67-94(74-99)120(16,17)18/h24-76H,77H2,1-23H3. The van der Waals surface area contributed by atoms with Crippen LogP contribution in [-0.4, -0.2) is 13.4 Å². The molecule has 4 heterocycles. The van der Waals surface area contributed by atoms with Gasteiger partial charge in [-0.15, -0.1) is 0 Å². The molecule has 0 unspecified atom stereocenters. The van der Waals surface area contributed by atoms with Gasteiger partial charge in [0, 0.05) is 68.2 Å². The molecule has 4 nitrogen and oxygen atoms in total. The van der Waals surface area contributed by atoms with Gasteiger partial charge in [-0.25, -0.2) is 0 Å². The van der Waals surface area contributed by atoms with Crippen molar-refractivity contribution in [2.24, 2.45) is 0 Å². The second-order valence-corrected chi connectivity index (χ2v) is 45.0. The normalized spacial score (nSPS) is 13.8. The molecule has 0 saturated heterocycles. The van der Waals surface area contributed by atoms with Gasteiger partial charge in [-0.1, -0.05) is 384 Å². The van der Waals surface area contributed by atoms with E-state index in [0.29, 0.717) is 0 Å². The van der Waals surface area contributed by atoms with Crippen LogP contribution in [-0.2, 0) is 49.7 Å². The minimum atomic E-state index is -0.318. The van der Waals surface area contributed by atoms with E-state index < -0.39 is 0 Å². The Kier molecular flexibility index (Phi) is 20.6. The van der Waals surface area contributed by atoms with Crippen molar-refractivity contribution in [1.29, 1.82) is 0 Å². The van der Waals surface area contributed by atoms with Gasteiger partial charge < -0.3 is 19.6 Å². The van der Waals surface area contributed by atoms with Crippen LogP contribution in [0.2, 0.25) is 0 Å². The topological polar surface area (TPSA) is 13.0 Å². The summed E-state index contributed by atoms with van der Waals surface area (Å²) in [5, 5.41) is 0. The smallest absolute Gasteiger partial charge is 0.252 e. The van der Waals surface area contributed by atoms with Gasteiger partial charge in [-0.05, 0) is 285 Å². The van der Waals surface area contributed by atoms with E-state index in [1.54, 1.807) is 0 Å². The van der Waals surface area contributed by atoms with Gasteiger partial charge in [0.1, 0.15) is 0 Å². The molecule has 0 aromatic heterocycles. The quantitative estimate of drug-likeness (QED) is 0.113. The zero-order valence-electron chi connectivity index (χ0n) is 79.8. The fourth-order valence-electron chi connectivity index (χ4n) is 20.3. The Morgan fingerprint density at radius 1 is 0.180 bits per heavy atom. The lowest BCUT2D eigenvalue weighted by atomic mass is 9.33. The first-order chi connectivity index (χ1) is 60.6. The predicted octanol–water partition coefficient (Wildman–Crippen LogP) is 29.8. The van der Waals surface area contributed by atoms with Crippen molar-refractivity contribution in [3.8, 4) is 55.6 Å². The third-order valence-corrected chi connectivity index (χ3v) is 28.0. The second-order valence-electron chi connectivity index (χ2n) is 45.0. The molecule has 0 amide bonds. The summed E-state index contributed by atoms with van der Waals surface area (Å²) in [6.45, 7) is 54.4. The van der Waals surface area contributed by atoms with Gasteiger partial charge in [0.2, 0.25) is 0 Å². The monoisotopic (exact) mass is 1670 g/mol. The molecule has 128 heavy (non-hydrogen) atoms. The average Bonchev–Trinajstić information content (AvgIpc) is 0.699. The van der Waals surface area contributed by atoms with E-state index in [-0.39, 0.29) is 56.7 Å². The van der Waals surface area contributed by atoms with Crippen LogP contribution in [0.25, 0.3) is 55.6 Å². The van der Waals surface area contributed by atoms with Gasteiger partial charge in [0.05, 0.1) is 0 Å². The molecule has 0 fully saturated rings. The number of hydrogen-bond acceptors (Lipinski definition) is 4. The molecule has 0 spiro atoms. The van der Waals surface area contributed by atoms with Gasteiger partial charge in [-0.3, -0.25) is 0 Å². The molecular formula is C122H124B2N4. The summed E-state index contributed by atoms with van der Waals surface area (Å²) in [5.41, 5.74) is 45.0. The maximum Gasteiger partial charge on any atom is 0.252 e. The first-order valence-corrected chi connectivity index (χ1v) is 46.6. The minimum Gasteiger partial charge on any atom is -0.311 e. The summed E-state index contributed by atoms with van der Waals surface area (Å²) in [5.74, 6) is 0. The lowest BCUT2D eigenvalue weighted by molar-refractivity contribution is 0.517. The number of hydrogen-bond donors (Lipinski definition) is 0. The predicted molar refractivity (Wildman–Crippen MR) is 556 cm³/mol. The summed E-state index contributed by atoms with van der Waals surface area (Å²) in [7, 11) is 0. The van der Waals surface area contributed by atoms with Gasteiger partial charge in [0.15, 0.2) is 0 Å². The van der Waals surface area contributed by atoms with Crippen LogP contribution >= 0.6 is 0 Å². The maximum atomic E-state index is 2.65. The number of fused-ring (bicyclic) bond motifs is 8. The molecule has 4 aliphatic rings. The van der Waals surface area contributed by atoms with E-state index >= 15 is 0 Å². The van der Waals surface area contributed by atoms with Crippen LogP contribution < -0.4 is 52.4 Å². The number of nitrogens with zero attached hydrogens (tertiary/aromatic N) is 4. The van der Waals surface area contributed by atoms with E-state index in [0.717, 1.165) is 12.1 Å². The first kappa shape index (κ1) is 85.1. The Labute approximate surface area is 765 Å². The third kappa shape index (κ3) is 15.5. The minimum absolute atomic E-state index is 0.0461. The number of anilines is 12. The lowest BCUT2D eigenvalue weighted by Gasteiger charge is -2.45. The summed E-state index contributed by atoms with van der Waals surface area (Å²) in [6, 6.07) is 125. The number of para-hydroxylation sites is 1. The number of rotatable bonds is 12. The molecule has 0 bridgehead atoms. The lowest BCUT2D eigenvalue weighted by Crippen LogP contribution is -2.61. The van der Waals surface area contributed by atoms with Crippen LogP contribution in [0.15, 0.2) is 322 Å². The van der Waals surface area contributed by atoms with Gasteiger partial charge in [0.25, 0.3) is 13.4 Å². The molecule has 19 rings (SSSR count). The van der Waals surface area contributed by atoms with Crippen molar-refractivity contribution >= 4 is 114 Å². The molecule has 6 heteroatoms.